The molecule has 0 saturated heterocycles. The number of nitrogens with one attached hydrogen (secondary N) is 3. The first-order chi connectivity index (χ1) is 20.4. The highest BCUT2D eigenvalue weighted by atomic mass is 16.2. The predicted molar refractivity (Wildman–Crippen MR) is 163 cm³/mol. The average molecular weight is 568 g/mol. The molecule has 0 radical (unpaired) electrons. The number of carbonyl (C=O) groups excluding carboxylic acids is 3. The van der Waals surface area contributed by atoms with Crippen LogP contribution >= 0.6 is 0 Å². The fourth-order valence-electron chi connectivity index (χ4n) is 5.04. The zero-order valence-electron chi connectivity index (χ0n) is 23.8. The molecule has 0 atom stereocenters. The maximum Gasteiger partial charge on any atom is 0.272 e. The van der Waals surface area contributed by atoms with Crippen molar-refractivity contribution in [1.82, 2.24) is 25.2 Å². The van der Waals surface area contributed by atoms with E-state index in [2.05, 4.69) is 25.9 Å². The molecule has 2 saturated carbocycles. The van der Waals surface area contributed by atoms with E-state index < -0.39 is 0 Å². The van der Waals surface area contributed by atoms with Crippen molar-refractivity contribution >= 4 is 40.0 Å². The molecule has 0 spiro atoms. The van der Waals surface area contributed by atoms with Crippen molar-refractivity contribution in [2.75, 3.05) is 24.1 Å². The van der Waals surface area contributed by atoms with E-state index in [-0.39, 0.29) is 23.4 Å². The second-order valence-electron chi connectivity index (χ2n) is 11.0. The Hall–Kier alpha value is -4.73. The van der Waals surface area contributed by atoms with E-state index in [0.717, 1.165) is 30.3 Å². The van der Waals surface area contributed by atoms with Gasteiger partial charge in [0.25, 0.3) is 17.7 Å². The van der Waals surface area contributed by atoms with E-state index in [9.17, 15) is 14.4 Å². The smallest absolute Gasteiger partial charge is 0.272 e. The number of aromatic nitrogens is 3. The minimum atomic E-state index is -0.257. The zero-order chi connectivity index (χ0) is 29.5. The van der Waals surface area contributed by atoms with Crippen molar-refractivity contribution < 1.29 is 14.4 Å². The number of carbonyl (C=O) groups is 3. The molecule has 42 heavy (non-hydrogen) atoms. The SMILES string of the molecule is Cn1cc(C(=O)Nc2cccnc2C(=O)NCC2CCC2)c2ccccc21.Nc1cccnc1C(=O)NCC1CCC1. The van der Waals surface area contributed by atoms with Gasteiger partial charge in [0.15, 0.2) is 11.4 Å². The monoisotopic (exact) mass is 567 g/mol. The summed E-state index contributed by atoms with van der Waals surface area (Å²) in [6.07, 6.45) is 12.2. The lowest BCUT2D eigenvalue weighted by Gasteiger charge is -2.25. The van der Waals surface area contributed by atoms with Crippen molar-refractivity contribution in [2.24, 2.45) is 18.9 Å². The summed E-state index contributed by atoms with van der Waals surface area (Å²) in [5, 5.41) is 9.52. The number of anilines is 2. The molecule has 10 nitrogen and oxygen atoms in total. The number of aryl methyl sites for hydroxylation is 1. The summed E-state index contributed by atoms with van der Waals surface area (Å²) in [6.45, 7) is 1.40. The Morgan fingerprint density at radius 1 is 0.810 bits per heavy atom. The second-order valence-corrected chi connectivity index (χ2v) is 11.0. The maximum absolute atomic E-state index is 12.9. The first-order valence-electron chi connectivity index (χ1n) is 14.5. The van der Waals surface area contributed by atoms with E-state index in [1.165, 1.54) is 25.7 Å². The van der Waals surface area contributed by atoms with E-state index in [1.807, 2.05) is 35.9 Å². The molecule has 4 aromatic rings. The Bertz CT molecular complexity index is 1570. The fourth-order valence-corrected chi connectivity index (χ4v) is 5.04. The number of nitrogen functional groups attached to an aromatic ring is 1. The summed E-state index contributed by atoms with van der Waals surface area (Å²) in [5.74, 6) is 0.536. The van der Waals surface area contributed by atoms with Crippen LogP contribution in [0.2, 0.25) is 0 Å². The summed E-state index contributed by atoms with van der Waals surface area (Å²) >= 11 is 0. The third-order valence-corrected chi connectivity index (χ3v) is 8.02. The van der Waals surface area contributed by atoms with Crippen LogP contribution in [0.15, 0.2) is 67.1 Å². The molecule has 218 valence electrons. The average Bonchev–Trinajstić information content (AvgIpc) is 3.29. The van der Waals surface area contributed by atoms with Crippen molar-refractivity contribution in [3.63, 3.8) is 0 Å². The number of benzene rings is 1. The number of hydrogen-bond acceptors (Lipinski definition) is 6. The molecule has 2 aliphatic rings. The summed E-state index contributed by atoms with van der Waals surface area (Å²) < 4.78 is 1.92. The number of nitrogens with zero attached hydrogens (tertiary/aromatic N) is 3. The molecule has 3 heterocycles. The third-order valence-electron chi connectivity index (χ3n) is 8.02. The largest absolute Gasteiger partial charge is 0.397 e. The standard InChI is InChI=1S/C21H22N4O2.C11H15N3O/c1-25-13-16(15-8-2-3-10-18(15)25)20(26)24-17-9-5-11-22-19(17)21(27)23-12-14-6-4-7-14;12-9-5-2-6-13-10(9)11(15)14-7-8-3-1-4-8/h2-3,5,8-11,13-14H,4,6-7,12H2,1H3,(H,23,27)(H,24,26);2,5-6,8H,1,3-4,7,12H2,(H,14,15). The van der Waals surface area contributed by atoms with Gasteiger partial charge in [0.1, 0.15) is 0 Å². The molecule has 0 aliphatic heterocycles. The highest BCUT2D eigenvalue weighted by Crippen LogP contribution is 2.26. The Balaban J connectivity index is 0.000000199. The van der Waals surface area contributed by atoms with Gasteiger partial charge in [-0.1, -0.05) is 31.0 Å². The van der Waals surface area contributed by atoms with Gasteiger partial charge >= 0.3 is 0 Å². The lowest BCUT2D eigenvalue weighted by atomic mass is 9.85. The minimum Gasteiger partial charge on any atom is -0.397 e. The second kappa shape index (κ2) is 13.3. The molecule has 0 unspecified atom stereocenters. The van der Waals surface area contributed by atoms with Crippen LogP contribution in [-0.4, -0.2) is 45.3 Å². The summed E-state index contributed by atoms with van der Waals surface area (Å²) in [5.41, 5.74) is 8.62. The molecule has 10 heteroatoms. The number of nitrogens with two attached hydrogens (primary N) is 1. The van der Waals surface area contributed by atoms with Gasteiger partial charge in [0.05, 0.1) is 16.9 Å². The van der Waals surface area contributed by atoms with Gasteiger partial charge in [0, 0.05) is 49.6 Å². The van der Waals surface area contributed by atoms with Gasteiger partial charge in [-0.15, -0.1) is 0 Å². The zero-order valence-corrected chi connectivity index (χ0v) is 23.8. The molecule has 3 aromatic heterocycles. The van der Waals surface area contributed by atoms with Crippen LogP contribution < -0.4 is 21.7 Å². The lowest BCUT2D eigenvalue weighted by Crippen LogP contribution is -2.33. The maximum atomic E-state index is 12.9. The van der Waals surface area contributed by atoms with Gasteiger partial charge in [-0.05, 0) is 67.9 Å². The molecular weight excluding hydrogens is 530 g/mol. The van der Waals surface area contributed by atoms with E-state index in [4.69, 9.17) is 5.73 Å². The van der Waals surface area contributed by atoms with Crippen molar-refractivity contribution in [3.8, 4) is 0 Å². The Morgan fingerprint density at radius 3 is 2.02 bits per heavy atom. The summed E-state index contributed by atoms with van der Waals surface area (Å²) in [4.78, 5) is 45.2. The molecule has 3 amide bonds. The Labute approximate surface area is 245 Å². The fraction of sp³-hybridized carbons (Fsp3) is 0.344. The first kappa shape index (κ1) is 28.8. The Morgan fingerprint density at radius 2 is 1.40 bits per heavy atom. The number of pyridine rings is 2. The molecule has 0 bridgehead atoms. The molecule has 5 N–H and O–H groups in total. The van der Waals surface area contributed by atoms with Crippen LogP contribution in [0.25, 0.3) is 10.9 Å². The van der Waals surface area contributed by atoms with Gasteiger partial charge in [-0.25, -0.2) is 9.97 Å². The van der Waals surface area contributed by atoms with Crippen molar-refractivity contribution in [2.45, 2.75) is 38.5 Å². The van der Waals surface area contributed by atoms with Gasteiger partial charge in [-0.2, -0.15) is 0 Å². The summed E-state index contributed by atoms with van der Waals surface area (Å²) in [7, 11) is 1.91. The number of rotatable bonds is 8. The first-order valence-corrected chi connectivity index (χ1v) is 14.5. The van der Waals surface area contributed by atoms with Crippen LogP contribution in [0, 0.1) is 11.8 Å². The van der Waals surface area contributed by atoms with Gasteiger partial charge in [-0.3, -0.25) is 14.4 Å². The topological polar surface area (TPSA) is 144 Å². The summed E-state index contributed by atoms with van der Waals surface area (Å²) in [6, 6.07) is 14.5. The van der Waals surface area contributed by atoms with Crippen LogP contribution in [0.3, 0.4) is 0 Å². The molecule has 1 aromatic carbocycles. The predicted octanol–water partition coefficient (Wildman–Crippen LogP) is 4.55. The van der Waals surface area contributed by atoms with Crippen molar-refractivity contribution in [1.29, 1.82) is 0 Å². The van der Waals surface area contributed by atoms with E-state index in [1.54, 1.807) is 42.9 Å². The van der Waals surface area contributed by atoms with E-state index >= 15 is 0 Å². The van der Waals surface area contributed by atoms with Crippen LogP contribution in [0.4, 0.5) is 11.4 Å². The van der Waals surface area contributed by atoms with Gasteiger partial charge in [0.2, 0.25) is 0 Å². The quantitative estimate of drug-likeness (QED) is 0.246. The highest BCUT2D eigenvalue weighted by Gasteiger charge is 2.22. The molecule has 2 fully saturated rings. The number of fused-ring (bicyclic) bond motifs is 1. The van der Waals surface area contributed by atoms with E-state index in [0.29, 0.717) is 41.0 Å². The van der Waals surface area contributed by atoms with Crippen LogP contribution in [0.5, 0.6) is 0 Å². The molecular formula is C32H37N7O3. The molecule has 6 rings (SSSR count). The van der Waals surface area contributed by atoms with Crippen LogP contribution in [0.1, 0.15) is 69.9 Å². The number of hydrogen-bond donors (Lipinski definition) is 4. The lowest BCUT2D eigenvalue weighted by molar-refractivity contribution is 0.0927. The molecule has 2 aliphatic carbocycles. The number of para-hydroxylation sites is 1. The van der Waals surface area contributed by atoms with Crippen LogP contribution in [-0.2, 0) is 7.05 Å². The normalized spacial score (nSPS) is 14.6. The highest BCUT2D eigenvalue weighted by molar-refractivity contribution is 6.14. The number of amides is 3. The third kappa shape index (κ3) is 6.76. The van der Waals surface area contributed by atoms with Crippen molar-refractivity contribution in [3.05, 3.63) is 84.1 Å². The van der Waals surface area contributed by atoms with Gasteiger partial charge < -0.3 is 26.3 Å². The Kier molecular flexibility index (Phi) is 9.11. The minimum absolute atomic E-state index is 0.167.